The largest absolute Gasteiger partial charge is 0.321 e. The van der Waals surface area contributed by atoms with E-state index >= 15 is 0 Å². The molecule has 4 heteroatoms. The summed E-state index contributed by atoms with van der Waals surface area (Å²) in [6, 6.07) is 11.0. The highest BCUT2D eigenvalue weighted by Crippen LogP contribution is 2.13. The van der Waals surface area contributed by atoms with E-state index in [1.165, 1.54) is 11.3 Å². The first kappa shape index (κ1) is 12.4. The Morgan fingerprint density at radius 3 is 2.67 bits per heavy atom. The molecule has 3 N–H and O–H groups in total. The molecule has 1 amide bonds. The highest BCUT2D eigenvalue weighted by atomic mass is 32.1. The number of rotatable bonds is 2. The van der Waals surface area contributed by atoms with E-state index in [2.05, 4.69) is 17.2 Å². The summed E-state index contributed by atoms with van der Waals surface area (Å²) in [5, 5.41) is 4.70. The Labute approximate surface area is 110 Å². The van der Waals surface area contributed by atoms with Crippen molar-refractivity contribution in [3.8, 4) is 11.8 Å². The van der Waals surface area contributed by atoms with Crippen LogP contribution in [0.25, 0.3) is 0 Å². The van der Waals surface area contributed by atoms with E-state index in [4.69, 9.17) is 5.73 Å². The van der Waals surface area contributed by atoms with Crippen molar-refractivity contribution in [1.82, 2.24) is 0 Å². The smallest absolute Gasteiger partial charge is 0.265 e. The van der Waals surface area contributed by atoms with E-state index < -0.39 is 0 Å². The number of thiophene rings is 1. The number of anilines is 1. The Hall–Kier alpha value is -2.09. The van der Waals surface area contributed by atoms with Gasteiger partial charge in [-0.2, -0.15) is 0 Å². The molecule has 0 atom stereocenters. The summed E-state index contributed by atoms with van der Waals surface area (Å²) in [6.45, 7) is 0.344. The molecular formula is C14H12N2OS. The molecule has 18 heavy (non-hydrogen) atoms. The van der Waals surface area contributed by atoms with Crippen LogP contribution in [0, 0.1) is 11.8 Å². The van der Waals surface area contributed by atoms with Crippen molar-refractivity contribution < 1.29 is 4.79 Å². The van der Waals surface area contributed by atoms with Crippen LogP contribution in [-0.2, 0) is 0 Å². The van der Waals surface area contributed by atoms with Crippen LogP contribution in [0.3, 0.4) is 0 Å². The highest BCUT2D eigenvalue weighted by molar-refractivity contribution is 7.12. The predicted octanol–water partition coefficient (Wildman–Crippen LogP) is 2.31. The molecule has 2 rings (SSSR count). The van der Waals surface area contributed by atoms with Crippen molar-refractivity contribution in [3.05, 3.63) is 52.2 Å². The Balaban J connectivity index is 2.04. The van der Waals surface area contributed by atoms with Crippen molar-refractivity contribution in [3.63, 3.8) is 0 Å². The lowest BCUT2D eigenvalue weighted by Crippen LogP contribution is -2.09. The number of nitrogens with one attached hydrogen (secondary N) is 1. The first-order chi connectivity index (χ1) is 8.79. The van der Waals surface area contributed by atoms with Gasteiger partial charge in [-0.1, -0.05) is 17.9 Å². The number of carbonyl (C=O) groups is 1. The number of benzene rings is 1. The van der Waals surface area contributed by atoms with Crippen molar-refractivity contribution in [1.29, 1.82) is 0 Å². The van der Waals surface area contributed by atoms with Gasteiger partial charge in [-0.25, -0.2) is 0 Å². The number of nitrogens with two attached hydrogens (primary N) is 1. The van der Waals surface area contributed by atoms with Crippen LogP contribution in [0.1, 0.15) is 15.2 Å². The summed E-state index contributed by atoms with van der Waals surface area (Å²) in [5.74, 6) is 5.61. The molecule has 2 aromatic rings. The Morgan fingerprint density at radius 1 is 1.28 bits per heavy atom. The van der Waals surface area contributed by atoms with Gasteiger partial charge in [-0.3, -0.25) is 4.79 Å². The summed E-state index contributed by atoms with van der Waals surface area (Å²) in [7, 11) is 0. The van der Waals surface area contributed by atoms with Crippen LogP contribution < -0.4 is 11.1 Å². The van der Waals surface area contributed by atoms with E-state index in [1.54, 1.807) is 6.07 Å². The number of amides is 1. The molecule has 0 saturated heterocycles. The second-order valence-corrected chi connectivity index (χ2v) is 4.46. The Bertz CT molecular complexity index is 577. The molecule has 0 spiro atoms. The summed E-state index contributed by atoms with van der Waals surface area (Å²) >= 11 is 1.42. The van der Waals surface area contributed by atoms with Gasteiger partial charge >= 0.3 is 0 Å². The van der Waals surface area contributed by atoms with Crippen LogP contribution >= 0.6 is 11.3 Å². The fraction of sp³-hybridized carbons (Fsp3) is 0.0714. The minimum Gasteiger partial charge on any atom is -0.321 e. The Morgan fingerprint density at radius 2 is 2.06 bits per heavy atom. The molecule has 90 valence electrons. The van der Waals surface area contributed by atoms with E-state index in [-0.39, 0.29) is 5.91 Å². The molecule has 0 fully saturated rings. The van der Waals surface area contributed by atoms with E-state index in [1.807, 2.05) is 35.7 Å². The van der Waals surface area contributed by atoms with Crippen LogP contribution in [0.15, 0.2) is 41.8 Å². The van der Waals surface area contributed by atoms with E-state index in [9.17, 15) is 4.79 Å². The van der Waals surface area contributed by atoms with Crippen molar-refractivity contribution in [2.24, 2.45) is 5.73 Å². The van der Waals surface area contributed by atoms with Crippen molar-refractivity contribution in [2.45, 2.75) is 0 Å². The maximum Gasteiger partial charge on any atom is 0.265 e. The normalized spacial score (nSPS) is 9.39. The van der Waals surface area contributed by atoms with Crippen LogP contribution in [0.5, 0.6) is 0 Å². The average Bonchev–Trinajstić information content (AvgIpc) is 2.92. The zero-order valence-electron chi connectivity index (χ0n) is 9.64. The molecule has 3 nitrogen and oxygen atoms in total. The van der Waals surface area contributed by atoms with Crippen LogP contribution in [0.4, 0.5) is 5.69 Å². The molecule has 1 heterocycles. The van der Waals surface area contributed by atoms with Gasteiger partial charge in [-0.15, -0.1) is 11.3 Å². The molecular weight excluding hydrogens is 244 g/mol. The monoisotopic (exact) mass is 256 g/mol. The lowest BCUT2D eigenvalue weighted by atomic mass is 10.2. The molecule has 0 saturated carbocycles. The van der Waals surface area contributed by atoms with Crippen LogP contribution in [0.2, 0.25) is 0 Å². The molecule has 0 aliphatic carbocycles. The summed E-state index contributed by atoms with van der Waals surface area (Å²) < 4.78 is 0. The maximum absolute atomic E-state index is 11.8. The average molecular weight is 256 g/mol. The molecule has 0 aliphatic rings. The highest BCUT2D eigenvalue weighted by Gasteiger charge is 2.05. The lowest BCUT2D eigenvalue weighted by Gasteiger charge is -2.03. The second kappa shape index (κ2) is 6.01. The first-order valence-electron chi connectivity index (χ1n) is 5.43. The number of hydrogen-bond acceptors (Lipinski definition) is 3. The van der Waals surface area contributed by atoms with Crippen molar-refractivity contribution >= 4 is 22.9 Å². The summed E-state index contributed by atoms with van der Waals surface area (Å²) in [6.07, 6.45) is 0. The third-order valence-corrected chi connectivity index (χ3v) is 3.09. The summed E-state index contributed by atoms with van der Waals surface area (Å²) in [4.78, 5) is 12.5. The summed E-state index contributed by atoms with van der Waals surface area (Å²) in [5.41, 5.74) is 6.94. The number of carbonyl (C=O) groups excluding carboxylic acids is 1. The fourth-order valence-electron chi connectivity index (χ4n) is 1.39. The molecule has 0 bridgehead atoms. The predicted molar refractivity (Wildman–Crippen MR) is 74.6 cm³/mol. The van der Waals surface area contributed by atoms with Gasteiger partial charge in [0, 0.05) is 11.3 Å². The van der Waals surface area contributed by atoms with Gasteiger partial charge in [0.15, 0.2) is 0 Å². The molecule has 0 radical (unpaired) electrons. The molecule has 0 unspecified atom stereocenters. The van der Waals surface area contributed by atoms with Gasteiger partial charge in [0.1, 0.15) is 0 Å². The van der Waals surface area contributed by atoms with Gasteiger partial charge in [-0.05, 0) is 35.7 Å². The second-order valence-electron chi connectivity index (χ2n) is 3.51. The molecule has 1 aromatic carbocycles. The lowest BCUT2D eigenvalue weighted by molar-refractivity contribution is 0.103. The zero-order valence-corrected chi connectivity index (χ0v) is 10.5. The standard InChI is InChI=1S/C14H12N2OS/c15-9-1-3-11-5-7-12(8-6-11)16-14(17)13-4-2-10-18-13/h2,4-8,10H,9,15H2,(H,16,17). The zero-order chi connectivity index (χ0) is 12.8. The van der Waals surface area contributed by atoms with Crippen LogP contribution in [-0.4, -0.2) is 12.5 Å². The minimum absolute atomic E-state index is 0.0919. The van der Waals surface area contributed by atoms with Gasteiger partial charge in [0.05, 0.1) is 11.4 Å². The van der Waals surface area contributed by atoms with E-state index in [0.29, 0.717) is 11.4 Å². The Kier molecular flexibility index (Phi) is 4.13. The van der Waals surface area contributed by atoms with Gasteiger partial charge in [0.2, 0.25) is 0 Å². The van der Waals surface area contributed by atoms with Gasteiger partial charge < -0.3 is 11.1 Å². The molecule has 0 aliphatic heterocycles. The fourth-order valence-corrected chi connectivity index (χ4v) is 2.01. The first-order valence-corrected chi connectivity index (χ1v) is 6.31. The number of hydrogen-bond donors (Lipinski definition) is 2. The topological polar surface area (TPSA) is 55.1 Å². The quantitative estimate of drug-likeness (QED) is 0.810. The van der Waals surface area contributed by atoms with Gasteiger partial charge in [0.25, 0.3) is 5.91 Å². The molecule has 1 aromatic heterocycles. The SMILES string of the molecule is NCC#Cc1ccc(NC(=O)c2cccs2)cc1. The third kappa shape index (κ3) is 3.20. The third-order valence-electron chi connectivity index (χ3n) is 2.22. The minimum atomic E-state index is -0.0919. The van der Waals surface area contributed by atoms with E-state index in [0.717, 1.165) is 11.3 Å². The van der Waals surface area contributed by atoms with Crippen molar-refractivity contribution in [2.75, 3.05) is 11.9 Å². The maximum atomic E-state index is 11.8.